The predicted molar refractivity (Wildman–Crippen MR) is 183 cm³/mol. The lowest BCUT2D eigenvalue weighted by Gasteiger charge is -2.40. The van der Waals surface area contributed by atoms with E-state index < -0.39 is 0 Å². The van der Waals surface area contributed by atoms with E-state index in [1.807, 2.05) is 70.9 Å². The van der Waals surface area contributed by atoms with Crippen LogP contribution in [0.5, 0.6) is 0 Å². The topological polar surface area (TPSA) is 141 Å². The summed E-state index contributed by atoms with van der Waals surface area (Å²) < 4.78 is 23.4. The summed E-state index contributed by atoms with van der Waals surface area (Å²) in [6, 6.07) is 22.2. The van der Waals surface area contributed by atoms with Crippen LogP contribution in [0.15, 0.2) is 89.3 Å². The number of likely N-dealkylation sites (tertiary alicyclic amines) is 1. The highest BCUT2D eigenvalue weighted by Gasteiger charge is 2.50. The molecule has 2 amide bonds. The van der Waals surface area contributed by atoms with Crippen molar-refractivity contribution in [2.24, 2.45) is 0 Å². The van der Waals surface area contributed by atoms with Gasteiger partial charge in [0.2, 0.25) is 5.91 Å². The van der Waals surface area contributed by atoms with Crippen LogP contribution in [0.25, 0.3) is 0 Å². The lowest BCUT2D eigenvalue weighted by Crippen LogP contribution is -2.49. The quantitative estimate of drug-likeness (QED) is 0.255. The van der Waals surface area contributed by atoms with E-state index in [0.29, 0.717) is 45.4 Å². The second kappa shape index (κ2) is 14.1. The number of nitrogens with zero attached hydrogens (tertiary/aromatic N) is 4. The van der Waals surface area contributed by atoms with Crippen LogP contribution in [0, 0.1) is 5.82 Å². The Labute approximate surface area is 277 Å². The Morgan fingerprint density at radius 1 is 1.07 bits per heavy atom. The number of benzene rings is 3. The number of carbonyl (C=O) groups is 2. The molecule has 5 N–H and O–H groups in total. The molecule has 3 aromatic carbocycles. The minimum Gasteiger partial charge on any atom is -0.445 e. The summed E-state index contributed by atoms with van der Waals surface area (Å²) in [6.07, 6.45) is 3.48. The smallest absolute Gasteiger partial charge is 0.410 e. The van der Waals surface area contributed by atoms with Gasteiger partial charge in [-0.05, 0) is 84.8 Å². The van der Waals surface area contributed by atoms with Gasteiger partial charge in [-0.1, -0.05) is 30.3 Å². The van der Waals surface area contributed by atoms with E-state index in [4.69, 9.17) is 4.74 Å². The number of ether oxygens (including phenoxy) is 1. The first kappa shape index (κ1) is 33.2. The number of nitrogens with one attached hydrogen (secondary N) is 1. The summed E-state index contributed by atoms with van der Waals surface area (Å²) in [5.74, 6) is -0.225. The van der Waals surface area contributed by atoms with Crippen LogP contribution in [0.1, 0.15) is 33.2 Å². The van der Waals surface area contributed by atoms with E-state index in [2.05, 4.69) is 14.6 Å². The maximum Gasteiger partial charge on any atom is 0.410 e. The van der Waals surface area contributed by atoms with Crippen LogP contribution < -0.4 is 14.5 Å². The van der Waals surface area contributed by atoms with Gasteiger partial charge in [-0.2, -0.15) is 0 Å². The first-order chi connectivity index (χ1) is 21.5. The van der Waals surface area contributed by atoms with Crippen LogP contribution >= 0.6 is 23.3 Å². The Balaban J connectivity index is 0.00000156. The Kier molecular flexibility index (Phi) is 10.2. The zero-order valence-electron chi connectivity index (χ0n) is 25.0. The van der Waals surface area contributed by atoms with Gasteiger partial charge >= 0.3 is 6.09 Å². The van der Waals surface area contributed by atoms with Crippen molar-refractivity contribution in [1.29, 1.82) is 0 Å². The van der Waals surface area contributed by atoms with E-state index in [0.717, 1.165) is 32.5 Å². The standard InChI is InChI=1S/C33H32FN5O3S2.2H2O.2H2/c34-24-6-11-28-27(20-24)33(13-17-37(18-14-33)32(41)42-21-23-4-2-1-3-5-23)22-39(28)29-12-16-38(30(29)40)25-7-9-26(10-8-25)44-36-31-35-15-19-43-31;;;;/h1-11,15,19-20,29H,12-14,16-18,21-22H2,(H,35,36);2*1H2;2*1H/t29-;;;;/m0..../s1. The van der Waals surface area contributed by atoms with Gasteiger partial charge in [0.15, 0.2) is 5.13 Å². The third-order valence-electron chi connectivity index (χ3n) is 8.89. The number of amides is 2. The lowest BCUT2D eigenvalue weighted by molar-refractivity contribution is -0.118. The van der Waals surface area contributed by atoms with Gasteiger partial charge in [0.05, 0.1) is 0 Å². The second-order valence-electron chi connectivity index (χ2n) is 11.4. The monoisotopic (exact) mass is 669 g/mol. The molecule has 0 radical (unpaired) electrons. The van der Waals surface area contributed by atoms with Crippen molar-refractivity contribution in [3.05, 3.63) is 101 Å². The number of thiazole rings is 1. The first-order valence-electron chi connectivity index (χ1n) is 14.8. The van der Waals surface area contributed by atoms with E-state index in [9.17, 15) is 14.0 Å². The molecule has 4 aromatic rings. The molecule has 2 saturated heterocycles. The van der Waals surface area contributed by atoms with Crippen molar-refractivity contribution in [1.82, 2.24) is 9.88 Å². The number of aromatic nitrogens is 1. The van der Waals surface area contributed by atoms with Crippen molar-refractivity contribution < 1.29 is 32.5 Å². The first-order valence-corrected chi connectivity index (χ1v) is 16.4. The number of hydrogen-bond acceptors (Lipinski definition) is 8. The number of hydrogen-bond donors (Lipinski definition) is 1. The molecule has 1 atom stereocenters. The van der Waals surface area contributed by atoms with Crippen LogP contribution in [-0.4, -0.2) is 65.1 Å². The minimum absolute atomic E-state index is 0. The summed E-state index contributed by atoms with van der Waals surface area (Å²) in [4.78, 5) is 37.7. The number of anilines is 3. The van der Waals surface area contributed by atoms with E-state index in [1.54, 1.807) is 28.5 Å². The summed E-state index contributed by atoms with van der Waals surface area (Å²) in [5, 5.41) is 2.76. The molecule has 1 aromatic heterocycles. The van der Waals surface area contributed by atoms with Gasteiger partial charge in [-0.15, -0.1) is 11.3 Å². The lowest BCUT2D eigenvalue weighted by atomic mass is 9.74. The molecule has 0 unspecified atom stereocenters. The van der Waals surface area contributed by atoms with Crippen molar-refractivity contribution in [2.45, 2.75) is 42.2 Å². The van der Waals surface area contributed by atoms with Gasteiger partial charge < -0.3 is 35.1 Å². The number of halogens is 1. The van der Waals surface area contributed by atoms with Crippen molar-refractivity contribution in [2.75, 3.05) is 40.7 Å². The molecule has 0 saturated carbocycles. The molecule has 0 bridgehead atoms. The Hall–Kier alpha value is -4.17. The molecule has 246 valence electrons. The Morgan fingerprint density at radius 2 is 1.83 bits per heavy atom. The maximum atomic E-state index is 14.6. The minimum atomic E-state index is -0.331. The number of carbonyl (C=O) groups excluding carboxylic acids is 2. The molecular formula is C33H40FN5O5S2. The van der Waals surface area contributed by atoms with Crippen molar-refractivity contribution in [3.63, 3.8) is 0 Å². The summed E-state index contributed by atoms with van der Waals surface area (Å²) in [6.45, 7) is 2.51. The molecule has 0 aliphatic carbocycles. The molecule has 4 heterocycles. The van der Waals surface area contributed by atoms with Gasteiger partial charge in [0, 0.05) is 62.3 Å². The van der Waals surface area contributed by atoms with E-state index in [1.165, 1.54) is 18.0 Å². The molecule has 3 aliphatic rings. The van der Waals surface area contributed by atoms with Crippen molar-refractivity contribution in [3.8, 4) is 0 Å². The molecule has 13 heteroatoms. The molecule has 7 rings (SSSR count). The average molecular weight is 670 g/mol. The summed E-state index contributed by atoms with van der Waals surface area (Å²) >= 11 is 3.02. The van der Waals surface area contributed by atoms with Crippen LogP contribution in [0.3, 0.4) is 0 Å². The highest BCUT2D eigenvalue weighted by molar-refractivity contribution is 8.00. The molecule has 3 aliphatic heterocycles. The fraction of sp³-hybridized carbons (Fsp3) is 0.303. The fourth-order valence-electron chi connectivity index (χ4n) is 6.59. The highest BCUT2D eigenvalue weighted by Crippen LogP contribution is 2.49. The largest absolute Gasteiger partial charge is 0.445 e. The number of piperidine rings is 1. The SMILES string of the molecule is O.O.O=C(OCc1ccccc1)N1CCC2(CC1)CN([C@H]1CCN(c3ccc(SNc4nccs4)cc3)C1=O)c1ccc(F)cc12.[HH].[HH]. The predicted octanol–water partition coefficient (Wildman–Crippen LogP) is 5.54. The average Bonchev–Trinajstić information content (AvgIpc) is 3.79. The number of fused-ring (bicyclic) bond motifs is 2. The normalized spacial score (nSPS) is 18.2. The zero-order chi connectivity index (χ0) is 30.1. The molecular weight excluding hydrogens is 630 g/mol. The summed E-state index contributed by atoms with van der Waals surface area (Å²) in [5.41, 5.74) is 3.34. The van der Waals surface area contributed by atoms with Gasteiger partial charge in [-0.3, -0.25) is 4.79 Å². The molecule has 1 spiro atoms. The summed E-state index contributed by atoms with van der Waals surface area (Å²) in [7, 11) is 0. The van der Waals surface area contributed by atoms with E-state index in [-0.39, 0.29) is 49.7 Å². The second-order valence-corrected chi connectivity index (χ2v) is 13.2. The fourth-order valence-corrected chi connectivity index (χ4v) is 7.81. The van der Waals surface area contributed by atoms with Gasteiger partial charge in [0.25, 0.3) is 0 Å². The van der Waals surface area contributed by atoms with E-state index >= 15 is 0 Å². The van der Waals surface area contributed by atoms with Crippen LogP contribution in [-0.2, 0) is 21.6 Å². The molecule has 10 nitrogen and oxygen atoms in total. The third kappa shape index (κ3) is 6.54. The van der Waals surface area contributed by atoms with Gasteiger partial charge in [-0.25, -0.2) is 14.2 Å². The van der Waals surface area contributed by atoms with Gasteiger partial charge in [0.1, 0.15) is 18.5 Å². The molecule has 46 heavy (non-hydrogen) atoms. The Bertz CT molecular complexity index is 1650. The maximum absolute atomic E-state index is 14.6. The molecule has 2 fully saturated rings. The Morgan fingerprint density at radius 3 is 2.54 bits per heavy atom. The third-order valence-corrected chi connectivity index (χ3v) is 10.5. The number of rotatable bonds is 7. The van der Waals surface area contributed by atoms with Crippen LogP contribution in [0.2, 0.25) is 0 Å². The van der Waals surface area contributed by atoms with Crippen molar-refractivity contribution >= 4 is 51.8 Å². The zero-order valence-corrected chi connectivity index (χ0v) is 26.7. The van der Waals surface area contributed by atoms with Crippen LogP contribution in [0.4, 0.5) is 25.7 Å². The highest BCUT2D eigenvalue weighted by atomic mass is 32.2.